The SMILES string of the molecule is C=C/C=c1/cncn/c1=C/N. The van der Waals surface area contributed by atoms with Crippen molar-refractivity contribution in [3.05, 3.63) is 35.7 Å². The van der Waals surface area contributed by atoms with Crippen LogP contribution in [-0.4, -0.2) is 9.97 Å². The van der Waals surface area contributed by atoms with E-state index in [9.17, 15) is 0 Å². The molecule has 0 aliphatic heterocycles. The Morgan fingerprint density at radius 1 is 1.55 bits per heavy atom. The Morgan fingerprint density at radius 2 is 2.36 bits per heavy atom. The Kier molecular flexibility index (Phi) is 2.38. The van der Waals surface area contributed by atoms with Gasteiger partial charge in [-0.3, -0.25) is 0 Å². The molecule has 1 rings (SSSR count). The van der Waals surface area contributed by atoms with Gasteiger partial charge >= 0.3 is 0 Å². The predicted octanol–water partition coefficient (Wildman–Crippen LogP) is -0.860. The van der Waals surface area contributed by atoms with E-state index in [1.54, 1.807) is 18.3 Å². The molecular formula is C8H9N3. The largest absolute Gasteiger partial charge is 0.403 e. The van der Waals surface area contributed by atoms with Crippen molar-refractivity contribution in [2.45, 2.75) is 0 Å². The van der Waals surface area contributed by atoms with E-state index in [-0.39, 0.29) is 0 Å². The fraction of sp³-hybridized carbons (Fsp3) is 0. The molecule has 1 heterocycles. The summed E-state index contributed by atoms with van der Waals surface area (Å²) in [5.74, 6) is 0. The molecule has 0 aromatic carbocycles. The molecule has 2 N–H and O–H groups in total. The average molecular weight is 147 g/mol. The molecule has 0 atom stereocenters. The maximum atomic E-state index is 5.31. The summed E-state index contributed by atoms with van der Waals surface area (Å²) in [5.41, 5.74) is 5.31. The summed E-state index contributed by atoms with van der Waals surface area (Å²) in [5, 5.41) is 1.60. The Morgan fingerprint density at radius 3 is 3.00 bits per heavy atom. The molecule has 1 aromatic heterocycles. The Hall–Kier alpha value is -1.64. The summed E-state index contributed by atoms with van der Waals surface area (Å²) in [7, 11) is 0. The molecule has 3 heteroatoms. The molecule has 0 bridgehead atoms. The van der Waals surface area contributed by atoms with Crippen molar-refractivity contribution in [3.63, 3.8) is 0 Å². The first-order valence-electron chi connectivity index (χ1n) is 3.19. The standard InChI is InChI=1S/C8H9N3/c1-2-3-7-5-10-6-11-8(7)4-9/h2-6H,1,9H2/b7-3-,8-4+. The number of hydrogen-bond donors (Lipinski definition) is 1. The van der Waals surface area contributed by atoms with Gasteiger partial charge in [0.25, 0.3) is 0 Å². The van der Waals surface area contributed by atoms with Gasteiger partial charge in [0.2, 0.25) is 0 Å². The Bertz CT molecular complexity index is 354. The quantitative estimate of drug-likeness (QED) is 0.562. The van der Waals surface area contributed by atoms with Crippen LogP contribution < -0.4 is 16.3 Å². The lowest BCUT2D eigenvalue weighted by molar-refractivity contribution is 1.10. The third-order valence-electron chi connectivity index (χ3n) is 1.23. The van der Waals surface area contributed by atoms with Crippen LogP contribution in [0.1, 0.15) is 0 Å². The van der Waals surface area contributed by atoms with E-state index in [2.05, 4.69) is 16.5 Å². The van der Waals surface area contributed by atoms with E-state index in [0.717, 1.165) is 10.6 Å². The summed E-state index contributed by atoms with van der Waals surface area (Å²) in [6.07, 6.45) is 8.06. The minimum Gasteiger partial charge on any atom is -0.403 e. The topological polar surface area (TPSA) is 51.8 Å². The highest BCUT2D eigenvalue weighted by Gasteiger charge is 1.80. The molecule has 1 aromatic rings. The van der Waals surface area contributed by atoms with Crippen LogP contribution in [0.25, 0.3) is 12.3 Å². The van der Waals surface area contributed by atoms with Crippen molar-refractivity contribution in [1.29, 1.82) is 0 Å². The van der Waals surface area contributed by atoms with Gasteiger partial charge in [-0.15, -0.1) is 0 Å². The minimum atomic E-state index is 0.722. The van der Waals surface area contributed by atoms with E-state index in [1.165, 1.54) is 12.5 Å². The molecule has 11 heavy (non-hydrogen) atoms. The van der Waals surface area contributed by atoms with Gasteiger partial charge in [-0.2, -0.15) is 0 Å². The van der Waals surface area contributed by atoms with Crippen LogP contribution in [-0.2, 0) is 0 Å². The van der Waals surface area contributed by atoms with E-state index in [1.807, 2.05) is 0 Å². The van der Waals surface area contributed by atoms with Gasteiger partial charge in [-0.05, 0) is 0 Å². The summed E-state index contributed by atoms with van der Waals surface area (Å²) < 4.78 is 0. The number of allylic oxidation sites excluding steroid dienone is 1. The molecule has 0 saturated heterocycles. The molecular weight excluding hydrogens is 138 g/mol. The summed E-state index contributed by atoms with van der Waals surface area (Å²) in [6, 6.07) is 0. The number of aromatic nitrogens is 2. The molecule has 0 aliphatic rings. The van der Waals surface area contributed by atoms with E-state index < -0.39 is 0 Å². The predicted molar refractivity (Wildman–Crippen MR) is 44.6 cm³/mol. The lowest BCUT2D eigenvalue weighted by Gasteiger charge is -1.84. The van der Waals surface area contributed by atoms with Crippen molar-refractivity contribution < 1.29 is 0 Å². The van der Waals surface area contributed by atoms with E-state index >= 15 is 0 Å². The molecule has 0 spiro atoms. The highest BCUT2D eigenvalue weighted by Crippen LogP contribution is 1.62. The smallest absolute Gasteiger partial charge is 0.116 e. The van der Waals surface area contributed by atoms with Gasteiger partial charge in [0.1, 0.15) is 6.33 Å². The lowest BCUT2D eigenvalue weighted by Crippen LogP contribution is -2.29. The van der Waals surface area contributed by atoms with Gasteiger partial charge in [0.15, 0.2) is 0 Å². The summed E-state index contributed by atoms with van der Waals surface area (Å²) >= 11 is 0. The third kappa shape index (κ3) is 1.64. The molecule has 0 aliphatic carbocycles. The van der Waals surface area contributed by atoms with Crippen molar-refractivity contribution in [2.24, 2.45) is 5.73 Å². The first-order valence-corrected chi connectivity index (χ1v) is 3.19. The number of rotatable bonds is 1. The summed E-state index contributed by atoms with van der Waals surface area (Å²) in [6.45, 7) is 3.57. The zero-order valence-corrected chi connectivity index (χ0v) is 6.07. The van der Waals surface area contributed by atoms with Crippen LogP contribution in [0.15, 0.2) is 25.2 Å². The van der Waals surface area contributed by atoms with Gasteiger partial charge < -0.3 is 5.73 Å². The average Bonchev–Trinajstić information content (AvgIpc) is 2.06. The first kappa shape index (κ1) is 7.47. The van der Waals surface area contributed by atoms with E-state index in [4.69, 9.17) is 5.73 Å². The molecule has 3 nitrogen and oxygen atoms in total. The maximum Gasteiger partial charge on any atom is 0.116 e. The molecule has 0 fully saturated rings. The van der Waals surface area contributed by atoms with Crippen LogP contribution in [0, 0.1) is 0 Å². The van der Waals surface area contributed by atoms with Crippen molar-refractivity contribution >= 4 is 12.3 Å². The Balaban J connectivity index is 3.48. The Labute approximate surface area is 64.6 Å². The fourth-order valence-electron chi connectivity index (χ4n) is 0.744. The highest BCUT2D eigenvalue weighted by molar-refractivity contribution is 5.34. The highest BCUT2D eigenvalue weighted by atomic mass is 14.8. The van der Waals surface area contributed by atoms with Crippen LogP contribution >= 0.6 is 0 Å². The first-order chi connectivity index (χ1) is 5.38. The number of nitrogens with zero attached hydrogens (tertiary/aromatic N) is 2. The minimum absolute atomic E-state index is 0.722. The second-order valence-electron chi connectivity index (χ2n) is 1.93. The van der Waals surface area contributed by atoms with Crippen LogP contribution in [0.3, 0.4) is 0 Å². The number of hydrogen-bond acceptors (Lipinski definition) is 3. The van der Waals surface area contributed by atoms with Crippen molar-refractivity contribution in [3.8, 4) is 0 Å². The monoisotopic (exact) mass is 147 g/mol. The molecule has 0 radical (unpaired) electrons. The van der Waals surface area contributed by atoms with Gasteiger partial charge in [0, 0.05) is 17.6 Å². The van der Waals surface area contributed by atoms with Crippen LogP contribution in [0.4, 0.5) is 0 Å². The van der Waals surface area contributed by atoms with Crippen LogP contribution in [0.5, 0.6) is 0 Å². The maximum absolute atomic E-state index is 5.31. The number of nitrogens with two attached hydrogens (primary N) is 1. The van der Waals surface area contributed by atoms with Crippen molar-refractivity contribution in [1.82, 2.24) is 9.97 Å². The zero-order valence-electron chi connectivity index (χ0n) is 6.07. The molecule has 0 amide bonds. The third-order valence-corrected chi connectivity index (χ3v) is 1.23. The van der Waals surface area contributed by atoms with Gasteiger partial charge in [-0.25, -0.2) is 9.97 Å². The van der Waals surface area contributed by atoms with Gasteiger partial charge in [0.05, 0.1) is 5.35 Å². The van der Waals surface area contributed by atoms with Crippen LogP contribution in [0.2, 0.25) is 0 Å². The second-order valence-corrected chi connectivity index (χ2v) is 1.93. The normalized spacial score (nSPS) is 13.5. The fourth-order valence-corrected chi connectivity index (χ4v) is 0.744. The zero-order chi connectivity index (χ0) is 8.10. The van der Waals surface area contributed by atoms with Crippen molar-refractivity contribution in [2.75, 3.05) is 0 Å². The molecule has 0 saturated carbocycles. The lowest BCUT2D eigenvalue weighted by atomic mass is 10.4. The van der Waals surface area contributed by atoms with Gasteiger partial charge in [-0.1, -0.05) is 18.7 Å². The second kappa shape index (κ2) is 3.51. The molecule has 56 valence electrons. The van der Waals surface area contributed by atoms with E-state index in [0.29, 0.717) is 0 Å². The summed E-state index contributed by atoms with van der Waals surface area (Å²) in [4.78, 5) is 7.79. The molecule has 0 unspecified atom stereocenters.